The van der Waals surface area contributed by atoms with Crippen LogP contribution in [0, 0.1) is 0 Å². The Bertz CT molecular complexity index is 565. The highest BCUT2D eigenvalue weighted by Crippen LogP contribution is 2.32. The van der Waals surface area contributed by atoms with Gasteiger partial charge < -0.3 is 9.15 Å². The Morgan fingerprint density at radius 1 is 1.25 bits per heavy atom. The minimum Gasteiger partial charge on any atom is -0.493 e. The van der Waals surface area contributed by atoms with Crippen molar-refractivity contribution in [2.75, 3.05) is 0 Å². The fourth-order valence-corrected chi connectivity index (χ4v) is 1.94. The zero-order chi connectivity index (χ0) is 11.0. The molecule has 1 aliphatic rings. The number of carbonyl (C=O) groups is 1. The second kappa shape index (κ2) is 3.52. The number of benzene rings is 1. The van der Waals surface area contributed by atoms with Crippen LogP contribution in [-0.2, 0) is 9.53 Å². The topological polar surface area (TPSA) is 39.4 Å². The highest BCUT2D eigenvalue weighted by atomic mass is 16.5. The van der Waals surface area contributed by atoms with Gasteiger partial charge in [0.1, 0.15) is 11.7 Å². The number of ketones is 1. The molecular formula is C13H10O3. The third kappa shape index (κ3) is 1.41. The number of fused-ring (bicyclic) bond motifs is 1. The first-order valence-electron chi connectivity index (χ1n) is 5.15. The SMILES string of the molecule is O=C1C=COC(c2coc3ccccc23)C1. The zero-order valence-electron chi connectivity index (χ0n) is 8.55. The van der Waals surface area contributed by atoms with E-state index in [0.29, 0.717) is 6.42 Å². The second-order valence-electron chi connectivity index (χ2n) is 3.79. The standard InChI is InChI=1S/C13H10O3/c14-9-5-6-15-13(7-9)11-8-16-12-4-2-1-3-10(11)12/h1-6,8,13H,7H2. The van der Waals surface area contributed by atoms with Crippen molar-refractivity contribution >= 4 is 16.8 Å². The van der Waals surface area contributed by atoms with Crippen molar-refractivity contribution in [3.05, 3.63) is 48.4 Å². The third-order valence-corrected chi connectivity index (χ3v) is 2.74. The molecule has 0 fully saturated rings. The van der Waals surface area contributed by atoms with Crippen molar-refractivity contribution in [3.63, 3.8) is 0 Å². The molecule has 0 N–H and O–H groups in total. The summed E-state index contributed by atoms with van der Waals surface area (Å²) in [6.07, 6.45) is 4.74. The lowest BCUT2D eigenvalue weighted by Crippen LogP contribution is -2.10. The van der Waals surface area contributed by atoms with Gasteiger partial charge in [0.05, 0.1) is 18.9 Å². The first-order valence-corrected chi connectivity index (χ1v) is 5.15. The molecule has 0 radical (unpaired) electrons. The summed E-state index contributed by atoms with van der Waals surface area (Å²) in [5.41, 5.74) is 1.76. The van der Waals surface area contributed by atoms with Gasteiger partial charge in [0.15, 0.2) is 5.78 Å². The maximum absolute atomic E-state index is 11.3. The van der Waals surface area contributed by atoms with Gasteiger partial charge >= 0.3 is 0 Å². The average Bonchev–Trinajstić information content (AvgIpc) is 2.72. The van der Waals surface area contributed by atoms with Gasteiger partial charge in [-0.3, -0.25) is 4.79 Å². The summed E-state index contributed by atoms with van der Waals surface area (Å²) in [7, 11) is 0. The van der Waals surface area contributed by atoms with E-state index in [1.54, 1.807) is 6.26 Å². The molecule has 0 amide bonds. The van der Waals surface area contributed by atoms with Crippen molar-refractivity contribution < 1.29 is 13.9 Å². The molecule has 3 nitrogen and oxygen atoms in total. The molecule has 2 heterocycles. The molecule has 80 valence electrons. The maximum Gasteiger partial charge on any atom is 0.162 e. The molecule has 1 unspecified atom stereocenters. The maximum atomic E-state index is 11.3. The summed E-state index contributed by atoms with van der Waals surface area (Å²) in [5.74, 6) is 0.0848. The van der Waals surface area contributed by atoms with Crippen molar-refractivity contribution in [1.82, 2.24) is 0 Å². The quantitative estimate of drug-likeness (QED) is 0.732. The van der Waals surface area contributed by atoms with Crippen molar-refractivity contribution in [3.8, 4) is 0 Å². The lowest BCUT2D eigenvalue weighted by atomic mass is 10.0. The summed E-state index contributed by atoms with van der Waals surface area (Å²) in [5, 5.41) is 1.01. The van der Waals surface area contributed by atoms with Crippen LogP contribution >= 0.6 is 0 Å². The molecule has 1 aliphatic heterocycles. The first-order chi connectivity index (χ1) is 7.84. The second-order valence-corrected chi connectivity index (χ2v) is 3.79. The lowest BCUT2D eigenvalue weighted by Gasteiger charge is -2.17. The van der Waals surface area contributed by atoms with Crippen LogP contribution in [-0.4, -0.2) is 5.78 Å². The highest BCUT2D eigenvalue weighted by molar-refractivity contribution is 5.91. The highest BCUT2D eigenvalue weighted by Gasteiger charge is 2.22. The Kier molecular flexibility index (Phi) is 2.03. The van der Waals surface area contributed by atoms with Gasteiger partial charge in [0.2, 0.25) is 0 Å². The van der Waals surface area contributed by atoms with E-state index >= 15 is 0 Å². The van der Waals surface area contributed by atoms with Gasteiger partial charge in [-0.1, -0.05) is 18.2 Å². The normalized spacial score (nSPS) is 20.0. The summed E-state index contributed by atoms with van der Waals surface area (Å²) in [6.45, 7) is 0. The molecule has 1 aromatic carbocycles. The number of hydrogen-bond donors (Lipinski definition) is 0. The predicted octanol–water partition coefficient (Wildman–Crippen LogP) is 2.98. The van der Waals surface area contributed by atoms with E-state index in [4.69, 9.17) is 9.15 Å². The first kappa shape index (κ1) is 9.21. The summed E-state index contributed by atoms with van der Waals surface area (Å²) in [6, 6.07) is 7.74. The molecule has 3 rings (SSSR count). The third-order valence-electron chi connectivity index (χ3n) is 2.74. The van der Waals surface area contributed by atoms with E-state index in [9.17, 15) is 4.79 Å². The zero-order valence-corrected chi connectivity index (χ0v) is 8.55. The van der Waals surface area contributed by atoms with Gasteiger partial charge in [-0.2, -0.15) is 0 Å². The van der Waals surface area contributed by atoms with Crippen LogP contribution in [0.15, 0.2) is 47.3 Å². The molecule has 0 bridgehead atoms. The van der Waals surface area contributed by atoms with Crippen LogP contribution in [0.1, 0.15) is 18.1 Å². The Hall–Kier alpha value is -2.03. The minimum atomic E-state index is -0.221. The predicted molar refractivity (Wildman–Crippen MR) is 58.8 cm³/mol. The Labute approximate surface area is 92.3 Å². The minimum absolute atomic E-state index is 0.0848. The van der Waals surface area contributed by atoms with Crippen LogP contribution in [0.2, 0.25) is 0 Å². The van der Waals surface area contributed by atoms with E-state index < -0.39 is 0 Å². The summed E-state index contributed by atoms with van der Waals surface area (Å²) in [4.78, 5) is 11.3. The number of allylic oxidation sites excluding steroid dienone is 1. The Morgan fingerprint density at radius 3 is 3.00 bits per heavy atom. The molecular weight excluding hydrogens is 204 g/mol. The van der Waals surface area contributed by atoms with Gasteiger partial charge in [-0.05, 0) is 6.07 Å². The molecule has 0 saturated heterocycles. The fourth-order valence-electron chi connectivity index (χ4n) is 1.94. The van der Waals surface area contributed by atoms with Gasteiger partial charge in [-0.25, -0.2) is 0 Å². The van der Waals surface area contributed by atoms with Gasteiger partial charge in [-0.15, -0.1) is 0 Å². The number of hydrogen-bond acceptors (Lipinski definition) is 3. The average molecular weight is 214 g/mol. The lowest BCUT2D eigenvalue weighted by molar-refractivity contribution is -0.118. The van der Waals surface area contributed by atoms with E-state index in [1.807, 2.05) is 24.3 Å². The molecule has 0 spiro atoms. The Balaban J connectivity index is 2.06. The molecule has 0 aliphatic carbocycles. The monoisotopic (exact) mass is 214 g/mol. The van der Waals surface area contributed by atoms with Crippen LogP contribution in [0.3, 0.4) is 0 Å². The number of furan rings is 1. The molecule has 1 aromatic heterocycles. The number of rotatable bonds is 1. The smallest absolute Gasteiger partial charge is 0.162 e. The van der Waals surface area contributed by atoms with E-state index in [0.717, 1.165) is 16.5 Å². The molecule has 1 atom stereocenters. The summed E-state index contributed by atoms with van der Waals surface area (Å²) >= 11 is 0. The Morgan fingerprint density at radius 2 is 2.12 bits per heavy atom. The number of carbonyl (C=O) groups excluding carboxylic acids is 1. The van der Waals surface area contributed by atoms with E-state index in [1.165, 1.54) is 12.3 Å². The largest absolute Gasteiger partial charge is 0.493 e. The molecule has 3 heteroatoms. The van der Waals surface area contributed by atoms with Crippen LogP contribution in [0.4, 0.5) is 0 Å². The fraction of sp³-hybridized carbons (Fsp3) is 0.154. The number of ether oxygens (including phenoxy) is 1. The van der Waals surface area contributed by atoms with Crippen molar-refractivity contribution in [1.29, 1.82) is 0 Å². The van der Waals surface area contributed by atoms with Gasteiger partial charge in [0.25, 0.3) is 0 Å². The van der Waals surface area contributed by atoms with Crippen LogP contribution in [0.5, 0.6) is 0 Å². The van der Waals surface area contributed by atoms with Gasteiger partial charge in [0, 0.05) is 17.0 Å². The molecule has 16 heavy (non-hydrogen) atoms. The molecule has 2 aromatic rings. The van der Waals surface area contributed by atoms with E-state index in [-0.39, 0.29) is 11.9 Å². The van der Waals surface area contributed by atoms with Crippen LogP contribution in [0.25, 0.3) is 11.0 Å². The van der Waals surface area contributed by atoms with Crippen molar-refractivity contribution in [2.24, 2.45) is 0 Å². The molecule has 0 saturated carbocycles. The van der Waals surface area contributed by atoms with Crippen molar-refractivity contribution in [2.45, 2.75) is 12.5 Å². The van der Waals surface area contributed by atoms with E-state index in [2.05, 4.69) is 0 Å². The van der Waals surface area contributed by atoms with Crippen LogP contribution < -0.4 is 0 Å². The number of para-hydroxylation sites is 1. The summed E-state index contributed by atoms with van der Waals surface area (Å²) < 4.78 is 10.9.